The molecule has 0 N–H and O–H groups in total. The lowest BCUT2D eigenvalue weighted by Crippen LogP contribution is -2.06. The van der Waals surface area contributed by atoms with Gasteiger partial charge in [0.15, 0.2) is 11.6 Å². The van der Waals surface area contributed by atoms with Crippen LogP contribution >= 0.6 is 0 Å². The Balaban J connectivity index is 0. The van der Waals surface area contributed by atoms with Gasteiger partial charge in [-0.3, -0.25) is 9.59 Å². The molecule has 0 rings (SSSR count). The van der Waals surface area contributed by atoms with E-state index >= 15 is 0 Å². The van der Waals surface area contributed by atoms with E-state index in [4.69, 9.17) is 0 Å². The van der Waals surface area contributed by atoms with Crippen molar-refractivity contribution in [3.63, 3.8) is 0 Å². The Labute approximate surface area is 55.6 Å². The van der Waals surface area contributed by atoms with E-state index < -0.39 is 0 Å². The van der Waals surface area contributed by atoms with Crippen LogP contribution in [0.1, 0.15) is 20.3 Å². The highest BCUT2D eigenvalue weighted by Gasteiger charge is 2.00. The van der Waals surface area contributed by atoms with Gasteiger partial charge in [0.1, 0.15) is 0 Å². The van der Waals surface area contributed by atoms with Crippen LogP contribution in [0.25, 0.3) is 0 Å². The standard InChI is InChI=1S/C5H8O2.C2H4/c1-3-5(7)4(2)6;1-2/h3H2,1-2H3;1-2H2. The molecular formula is C7H12O2. The van der Waals surface area contributed by atoms with Crippen LogP contribution in [-0.2, 0) is 9.59 Å². The van der Waals surface area contributed by atoms with Crippen molar-refractivity contribution in [1.82, 2.24) is 0 Å². The molecule has 0 amide bonds. The molecule has 0 saturated heterocycles. The minimum absolute atomic E-state index is 0.292. The van der Waals surface area contributed by atoms with Crippen LogP contribution in [0, 0.1) is 0 Å². The quantitative estimate of drug-likeness (QED) is 0.415. The summed E-state index contributed by atoms with van der Waals surface area (Å²) in [6.45, 7) is 8.95. The van der Waals surface area contributed by atoms with E-state index in [1.807, 2.05) is 0 Å². The zero-order valence-corrected chi connectivity index (χ0v) is 5.94. The van der Waals surface area contributed by atoms with Crippen LogP contribution < -0.4 is 0 Å². The van der Waals surface area contributed by atoms with Gasteiger partial charge in [-0.25, -0.2) is 0 Å². The zero-order chi connectivity index (χ0) is 7.86. The first kappa shape index (κ1) is 11.0. The molecule has 0 radical (unpaired) electrons. The lowest BCUT2D eigenvalue weighted by atomic mass is 10.2. The van der Waals surface area contributed by atoms with E-state index in [9.17, 15) is 9.59 Å². The highest BCUT2D eigenvalue weighted by atomic mass is 16.2. The monoisotopic (exact) mass is 128 g/mol. The Morgan fingerprint density at radius 2 is 1.67 bits per heavy atom. The Hall–Kier alpha value is -0.920. The number of carbonyl (C=O) groups is 2. The van der Waals surface area contributed by atoms with E-state index in [0.717, 1.165) is 0 Å². The van der Waals surface area contributed by atoms with Crippen LogP contribution in [0.3, 0.4) is 0 Å². The maximum atomic E-state index is 10.2. The number of rotatable bonds is 2. The fourth-order valence-corrected chi connectivity index (χ4v) is 0.249. The zero-order valence-electron chi connectivity index (χ0n) is 5.94. The largest absolute Gasteiger partial charge is 0.291 e. The number of carbonyl (C=O) groups excluding carboxylic acids is 2. The van der Waals surface area contributed by atoms with Crippen molar-refractivity contribution in [2.24, 2.45) is 0 Å². The van der Waals surface area contributed by atoms with Crippen molar-refractivity contribution in [3.05, 3.63) is 13.2 Å². The third kappa shape index (κ3) is 7.08. The molecule has 52 valence electrons. The smallest absolute Gasteiger partial charge is 0.197 e. The summed E-state index contributed by atoms with van der Waals surface area (Å²) >= 11 is 0. The summed E-state index contributed by atoms with van der Waals surface area (Å²) in [4.78, 5) is 20.2. The third-order valence-electron chi connectivity index (χ3n) is 0.714. The molecule has 0 aromatic rings. The second-order valence-electron chi connectivity index (χ2n) is 1.33. The predicted molar refractivity (Wildman–Crippen MR) is 37.2 cm³/mol. The van der Waals surface area contributed by atoms with Crippen LogP contribution in [0.15, 0.2) is 13.2 Å². The molecule has 0 heterocycles. The maximum absolute atomic E-state index is 10.2. The highest BCUT2D eigenvalue weighted by molar-refractivity contribution is 6.36. The lowest BCUT2D eigenvalue weighted by molar-refractivity contribution is -0.135. The number of hydrogen-bond donors (Lipinski definition) is 0. The average molecular weight is 128 g/mol. The number of ketones is 2. The average Bonchev–Trinajstić information content (AvgIpc) is 1.91. The summed E-state index contributed by atoms with van der Waals surface area (Å²) in [6.07, 6.45) is 0.329. The SMILES string of the molecule is C=C.CCC(=O)C(C)=O. The van der Waals surface area contributed by atoms with Crippen LogP contribution in [0.5, 0.6) is 0 Å². The summed E-state index contributed by atoms with van der Waals surface area (Å²) in [5, 5.41) is 0. The molecule has 0 aromatic heterocycles. The van der Waals surface area contributed by atoms with E-state index in [0.29, 0.717) is 6.42 Å². The Morgan fingerprint density at radius 1 is 1.33 bits per heavy atom. The summed E-state index contributed by atoms with van der Waals surface area (Å²) in [6, 6.07) is 0. The van der Waals surface area contributed by atoms with Gasteiger partial charge in [0.05, 0.1) is 0 Å². The normalized spacial score (nSPS) is 6.89. The van der Waals surface area contributed by atoms with Crippen LogP contribution in [-0.4, -0.2) is 11.6 Å². The third-order valence-corrected chi connectivity index (χ3v) is 0.714. The molecule has 0 aromatic carbocycles. The van der Waals surface area contributed by atoms with Crippen LogP contribution in [0.4, 0.5) is 0 Å². The summed E-state index contributed by atoms with van der Waals surface area (Å²) in [5.41, 5.74) is 0. The molecule has 0 aliphatic heterocycles. The molecule has 0 aliphatic carbocycles. The molecule has 2 nitrogen and oxygen atoms in total. The molecule has 0 bridgehead atoms. The topological polar surface area (TPSA) is 34.1 Å². The van der Waals surface area contributed by atoms with Crippen molar-refractivity contribution >= 4 is 11.6 Å². The minimum Gasteiger partial charge on any atom is -0.291 e. The van der Waals surface area contributed by atoms with E-state index in [1.54, 1.807) is 6.92 Å². The second kappa shape index (κ2) is 7.08. The van der Waals surface area contributed by atoms with Crippen molar-refractivity contribution in [1.29, 1.82) is 0 Å². The minimum atomic E-state index is -0.345. The molecule has 0 unspecified atom stereocenters. The predicted octanol–water partition coefficient (Wildman–Crippen LogP) is 1.36. The Kier molecular flexibility index (Phi) is 8.62. The van der Waals surface area contributed by atoms with E-state index in [-0.39, 0.29) is 11.6 Å². The fourth-order valence-electron chi connectivity index (χ4n) is 0.249. The van der Waals surface area contributed by atoms with Gasteiger partial charge in [-0.2, -0.15) is 0 Å². The Bertz CT molecular complexity index is 105. The molecular weight excluding hydrogens is 116 g/mol. The number of Topliss-reactive ketones (excluding diaryl/α,β-unsaturated/α-hetero) is 2. The van der Waals surface area contributed by atoms with Crippen LogP contribution in [0.2, 0.25) is 0 Å². The van der Waals surface area contributed by atoms with Gasteiger partial charge in [0.25, 0.3) is 0 Å². The first-order valence-corrected chi connectivity index (χ1v) is 2.72. The van der Waals surface area contributed by atoms with Gasteiger partial charge in [0.2, 0.25) is 0 Å². The molecule has 0 saturated carbocycles. The Morgan fingerprint density at radius 3 is 1.67 bits per heavy atom. The van der Waals surface area contributed by atoms with Gasteiger partial charge in [-0.15, -0.1) is 13.2 Å². The van der Waals surface area contributed by atoms with Crippen molar-refractivity contribution < 1.29 is 9.59 Å². The first-order chi connectivity index (χ1) is 4.18. The maximum Gasteiger partial charge on any atom is 0.197 e. The van der Waals surface area contributed by atoms with Gasteiger partial charge in [-0.1, -0.05) is 6.92 Å². The van der Waals surface area contributed by atoms with Gasteiger partial charge >= 0.3 is 0 Å². The molecule has 9 heavy (non-hydrogen) atoms. The molecule has 2 heteroatoms. The van der Waals surface area contributed by atoms with Crippen molar-refractivity contribution in [2.75, 3.05) is 0 Å². The second-order valence-corrected chi connectivity index (χ2v) is 1.33. The van der Waals surface area contributed by atoms with Gasteiger partial charge in [0, 0.05) is 13.3 Å². The first-order valence-electron chi connectivity index (χ1n) is 2.72. The molecule has 0 atom stereocenters. The summed E-state index contributed by atoms with van der Waals surface area (Å²) in [7, 11) is 0. The summed E-state index contributed by atoms with van der Waals surface area (Å²) in [5.74, 6) is -0.637. The fraction of sp³-hybridized carbons (Fsp3) is 0.429. The lowest BCUT2D eigenvalue weighted by Gasteiger charge is -1.81. The highest BCUT2D eigenvalue weighted by Crippen LogP contribution is 1.79. The van der Waals surface area contributed by atoms with Crippen molar-refractivity contribution in [2.45, 2.75) is 20.3 Å². The van der Waals surface area contributed by atoms with Gasteiger partial charge in [-0.05, 0) is 0 Å². The number of hydrogen-bond acceptors (Lipinski definition) is 2. The van der Waals surface area contributed by atoms with E-state index in [1.165, 1.54) is 6.92 Å². The van der Waals surface area contributed by atoms with E-state index in [2.05, 4.69) is 13.2 Å². The summed E-state index contributed by atoms with van der Waals surface area (Å²) < 4.78 is 0. The van der Waals surface area contributed by atoms with Crippen molar-refractivity contribution in [3.8, 4) is 0 Å². The molecule has 0 aliphatic rings. The molecule has 0 fully saturated rings. The van der Waals surface area contributed by atoms with Gasteiger partial charge < -0.3 is 0 Å². The molecule has 0 spiro atoms.